The second-order valence-corrected chi connectivity index (χ2v) is 5.48. The van der Waals surface area contributed by atoms with Crippen molar-refractivity contribution >= 4 is 5.95 Å². The Morgan fingerprint density at radius 1 is 1.32 bits per heavy atom. The summed E-state index contributed by atoms with van der Waals surface area (Å²) in [6.07, 6.45) is 3.24. The second kappa shape index (κ2) is 5.43. The van der Waals surface area contributed by atoms with Gasteiger partial charge in [-0.05, 0) is 44.2 Å². The van der Waals surface area contributed by atoms with Gasteiger partial charge in [-0.3, -0.25) is 0 Å². The van der Waals surface area contributed by atoms with E-state index in [9.17, 15) is 0 Å². The number of hydrogen-bond donors (Lipinski definition) is 1. The number of morpholine rings is 1. The van der Waals surface area contributed by atoms with Crippen LogP contribution in [-0.4, -0.2) is 42.8 Å². The van der Waals surface area contributed by atoms with Gasteiger partial charge in [-0.15, -0.1) is 0 Å². The first kappa shape index (κ1) is 12.8. The molecule has 0 aromatic carbocycles. The topological polar surface area (TPSA) is 64.3 Å². The maximum absolute atomic E-state index is 5.79. The lowest BCUT2D eigenvalue weighted by Gasteiger charge is -2.29. The van der Waals surface area contributed by atoms with Gasteiger partial charge in [0.15, 0.2) is 0 Å². The first-order valence-corrected chi connectivity index (χ1v) is 7.17. The van der Waals surface area contributed by atoms with Crippen LogP contribution in [0.1, 0.15) is 23.4 Å². The molecule has 104 valence electrons. The Morgan fingerprint density at radius 2 is 2.11 bits per heavy atom. The van der Waals surface area contributed by atoms with Gasteiger partial charge in [0, 0.05) is 24.5 Å². The molecular formula is C14H22N4O. The van der Waals surface area contributed by atoms with Gasteiger partial charge < -0.3 is 15.4 Å². The number of nitrogens with zero attached hydrogens (tertiary/aromatic N) is 3. The molecule has 1 aliphatic carbocycles. The predicted molar refractivity (Wildman–Crippen MR) is 74.4 cm³/mol. The summed E-state index contributed by atoms with van der Waals surface area (Å²) in [6.45, 7) is 6.20. The highest BCUT2D eigenvalue weighted by Crippen LogP contribution is 2.27. The van der Waals surface area contributed by atoms with E-state index < -0.39 is 0 Å². The first-order valence-electron chi connectivity index (χ1n) is 7.17. The van der Waals surface area contributed by atoms with Crippen molar-refractivity contribution in [2.45, 2.75) is 26.2 Å². The summed E-state index contributed by atoms with van der Waals surface area (Å²) in [5.74, 6) is 1.48. The molecule has 0 spiro atoms. The molecule has 2 aliphatic rings. The van der Waals surface area contributed by atoms with Crippen LogP contribution in [0.5, 0.6) is 0 Å². The standard InChI is InChI=1S/C14H22N4O/c1-10-12-8-11(9-15)2-3-13(12)17-14(16-10)18-4-6-19-7-5-18/h11H,2-9,15H2,1H3. The minimum absolute atomic E-state index is 0.601. The van der Waals surface area contributed by atoms with Gasteiger partial charge in [0.2, 0.25) is 5.95 Å². The summed E-state index contributed by atoms with van der Waals surface area (Å²) in [6, 6.07) is 0. The molecule has 1 aliphatic heterocycles. The van der Waals surface area contributed by atoms with Crippen molar-refractivity contribution < 1.29 is 4.74 Å². The van der Waals surface area contributed by atoms with Crippen LogP contribution >= 0.6 is 0 Å². The number of aryl methyl sites for hydroxylation is 2. The van der Waals surface area contributed by atoms with Gasteiger partial charge in [-0.2, -0.15) is 0 Å². The van der Waals surface area contributed by atoms with E-state index in [0.29, 0.717) is 5.92 Å². The first-order chi connectivity index (χ1) is 9.28. The number of ether oxygens (including phenoxy) is 1. The molecule has 1 atom stereocenters. The maximum Gasteiger partial charge on any atom is 0.225 e. The highest BCUT2D eigenvalue weighted by molar-refractivity contribution is 5.38. The number of anilines is 1. The molecule has 0 bridgehead atoms. The molecule has 5 nitrogen and oxygen atoms in total. The molecule has 1 fully saturated rings. The van der Waals surface area contributed by atoms with E-state index in [0.717, 1.165) is 63.8 Å². The largest absolute Gasteiger partial charge is 0.378 e. The SMILES string of the molecule is Cc1nc(N2CCOCC2)nc2c1CC(CN)CC2. The van der Waals surface area contributed by atoms with Gasteiger partial charge in [0.1, 0.15) is 0 Å². The molecule has 0 amide bonds. The number of aromatic nitrogens is 2. The van der Waals surface area contributed by atoms with Crippen LogP contribution in [-0.2, 0) is 17.6 Å². The summed E-state index contributed by atoms with van der Waals surface area (Å²) in [7, 11) is 0. The molecule has 1 saturated heterocycles. The third-order valence-corrected chi connectivity index (χ3v) is 4.20. The van der Waals surface area contributed by atoms with Gasteiger partial charge in [-0.1, -0.05) is 0 Å². The normalized spacial score (nSPS) is 23.3. The Labute approximate surface area is 114 Å². The molecule has 0 saturated carbocycles. The molecule has 3 rings (SSSR count). The van der Waals surface area contributed by atoms with Crippen molar-refractivity contribution in [2.75, 3.05) is 37.7 Å². The molecular weight excluding hydrogens is 240 g/mol. The molecule has 19 heavy (non-hydrogen) atoms. The predicted octanol–water partition coefficient (Wildman–Crippen LogP) is 0.685. The third-order valence-electron chi connectivity index (χ3n) is 4.20. The highest BCUT2D eigenvalue weighted by atomic mass is 16.5. The average molecular weight is 262 g/mol. The lowest BCUT2D eigenvalue weighted by molar-refractivity contribution is 0.122. The number of nitrogens with two attached hydrogens (primary N) is 1. The molecule has 2 heterocycles. The van der Waals surface area contributed by atoms with Crippen LogP contribution in [0, 0.1) is 12.8 Å². The Bertz CT molecular complexity index is 457. The van der Waals surface area contributed by atoms with E-state index >= 15 is 0 Å². The summed E-state index contributed by atoms with van der Waals surface area (Å²) in [5.41, 5.74) is 9.49. The lowest BCUT2D eigenvalue weighted by Crippen LogP contribution is -2.38. The van der Waals surface area contributed by atoms with Gasteiger partial charge in [0.05, 0.1) is 13.2 Å². The molecule has 1 unspecified atom stereocenters. The summed E-state index contributed by atoms with van der Waals surface area (Å²) in [5, 5.41) is 0. The van der Waals surface area contributed by atoms with Gasteiger partial charge >= 0.3 is 0 Å². The van der Waals surface area contributed by atoms with Crippen molar-refractivity contribution in [3.8, 4) is 0 Å². The zero-order chi connectivity index (χ0) is 13.2. The van der Waals surface area contributed by atoms with Crippen LogP contribution in [0.4, 0.5) is 5.95 Å². The van der Waals surface area contributed by atoms with Crippen LogP contribution in [0.3, 0.4) is 0 Å². The Balaban J connectivity index is 1.87. The van der Waals surface area contributed by atoms with E-state index in [1.807, 2.05) is 0 Å². The molecule has 0 radical (unpaired) electrons. The van der Waals surface area contributed by atoms with E-state index in [4.69, 9.17) is 20.4 Å². The van der Waals surface area contributed by atoms with Gasteiger partial charge in [-0.25, -0.2) is 9.97 Å². The average Bonchev–Trinajstić information content (AvgIpc) is 2.48. The van der Waals surface area contributed by atoms with Gasteiger partial charge in [0.25, 0.3) is 0 Å². The zero-order valence-electron chi connectivity index (χ0n) is 11.6. The zero-order valence-corrected chi connectivity index (χ0v) is 11.6. The molecule has 2 N–H and O–H groups in total. The minimum Gasteiger partial charge on any atom is -0.378 e. The number of rotatable bonds is 2. The van der Waals surface area contributed by atoms with Crippen molar-refractivity contribution in [1.82, 2.24) is 9.97 Å². The quantitative estimate of drug-likeness (QED) is 0.849. The summed E-state index contributed by atoms with van der Waals surface area (Å²) >= 11 is 0. The van der Waals surface area contributed by atoms with Crippen molar-refractivity contribution in [1.29, 1.82) is 0 Å². The Morgan fingerprint density at radius 3 is 2.84 bits per heavy atom. The maximum atomic E-state index is 5.79. The van der Waals surface area contributed by atoms with E-state index in [-0.39, 0.29) is 0 Å². The fourth-order valence-electron chi connectivity index (χ4n) is 2.95. The summed E-state index contributed by atoms with van der Waals surface area (Å²) in [4.78, 5) is 11.7. The fourth-order valence-corrected chi connectivity index (χ4v) is 2.95. The minimum atomic E-state index is 0.601. The monoisotopic (exact) mass is 262 g/mol. The lowest BCUT2D eigenvalue weighted by atomic mass is 9.86. The molecule has 1 aromatic rings. The van der Waals surface area contributed by atoms with Crippen molar-refractivity contribution in [3.63, 3.8) is 0 Å². The Hall–Kier alpha value is -1.20. The Kier molecular flexibility index (Phi) is 3.66. The molecule has 5 heteroatoms. The van der Waals surface area contributed by atoms with Crippen LogP contribution in [0.2, 0.25) is 0 Å². The van der Waals surface area contributed by atoms with E-state index in [2.05, 4.69) is 11.8 Å². The second-order valence-electron chi connectivity index (χ2n) is 5.48. The van der Waals surface area contributed by atoms with E-state index in [1.165, 1.54) is 11.3 Å². The number of hydrogen-bond acceptors (Lipinski definition) is 5. The van der Waals surface area contributed by atoms with Crippen LogP contribution < -0.4 is 10.6 Å². The van der Waals surface area contributed by atoms with Crippen LogP contribution in [0.15, 0.2) is 0 Å². The highest BCUT2D eigenvalue weighted by Gasteiger charge is 2.23. The third kappa shape index (κ3) is 2.58. The van der Waals surface area contributed by atoms with E-state index in [1.54, 1.807) is 0 Å². The molecule has 1 aromatic heterocycles. The smallest absolute Gasteiger partial charge is 0.225 e. The van der Waals surface area contributed by atoms with Crippen LogP contribution in [0.25, 0.3) is 0 Å². The fraction of sp³-hybridized carbons (Fsp3) is 0.714. The summed E-state index contributed by atoms with van der Waals surface area (Å²) < 4.78 is 5.38. The van der Waals surface area contributed by atoms with Crippen molar-refractivity contribution in [2.24, 2.45) is 11.7 Å². The number of fused-ring (bicyclic) bond motifs is 1. The van der Waals surface area contributed by atoms with Crippen molar-refractivity contribution in [3.05, 3.63) is 17.0 Å².